The molecule has 3 rings (SSSR count). The first-order chi connectivity index (χ1) is 14.5. The van der Waals surface area contributed by atoms with E-state index < -0.39 is 0 Å². The number of nitrogens with zero attached hydrogens (tertiary/aromatic N) is 2. The van der Waals surface area contributed by atoms with Gasteiger partial charge in [0.15, 0.2) is 0 Å². The Kier molecular flexibility index (Phi) is 7.41. The van der Waals surface area contributed by atoms with Gasteiger partial charge in [-0.1, -0.05) is 42.5 Å². The first-order valence-electron chi connectivity index (χ1n) is 10.8. The Balaban J connectivity index is 1.58. The molecule has 0 radical (unpaired) electrons. The molecule has 1 heterocycles. The summed E-state index contributed by atoms with van der Waals surface area (Å²) in [6.45, 7) is 12.3. The van der Waals surface area contributed by atoms with Crippen molar-refractivity contribution in [2.45, 2.75) is 47.2 Å². The van der Waals surface area contributed by atoms with Crippen LogP contribution in [0.3, 0.4) is 0 Å². The van der Waals surface area contributed by atoms with Crippen molar-refractivity contribution in [1.29, 1.82) is 0 Å². The number of nitrogens with one attached hydrogen (secondary N) is 2. The van der Waals surface area contributed by atoms with Crippen LogP contribution >= 0.6 is 0 Å². The van der Waals surface area contributed by atoms with E-state index in [0.717, 1.165) is 47.8 Å². The molecule has 0 atom stereocenters. The van der Waals surface area contributed by atoms with Gasteiger partial charge in [-0.2, -0.15) is 5.10 Å². The van der Waals surface area contributed by atoms with Gasteiger partial charge in [-0.3, -0.25) is 4.79 Å². The van der Waals surface area contributed by atoms with E-state index in [2.05, 4.69) is 48.5 Å². The van der Waals surface area contributed by atoms with E-state index in [1.54, 1.807) is 4.90 Å². The van der Waals surface area contributed by atoms with Crippen molar-refractivity contribution in [1.82, 2.24) is 15.1 Å². The standard InChI is InChI=1S/C25H32N4O/c1-5-28(6-2)18-22-14-12-21(13-15-22)17-26-25(30)16-24-19(3)27-29(20(24)4)23-10-8-7-9-11-23/h7-15H,5-6,16-18H2,1-4H3,(H,26,30)/p+1. The second-order valence-electron chi connectivity index (χ2n) is 7.80. The van der Waals surface area contributed by atoms with Crippen molar-refractivity contribution in [2.75, 3.05) is 13.1 Å². The van der Waals surface area contributed by atoms with Gasteiger partial charge >= 0.3 is 0 Å². The molecule has 2 aromatic carbocycles. The first kappa shape index (κ1) is 21.8. The van der Waals surface area contributed by atoms with Crippen LogP contribution in [0.1, 0.15) is 41.9 Å². The van der Waals surface area contributed by atoms with Crippen LogP contribution in [-0.4, -0.2) is 28.8 Å². The van der Waals surface area contributed by atoms with E-state index >= 15 is 0 Å². The molecule has 30 heavy (non-hydrogen) atoms. The number of quaternary nitrogens is 1. The van der Waals surface area contributed by atoms with Gasteiger partial charge in [-0.25, -0.2) is 4.68 Å². The summed E-state index contributed by atoms with van der Waals surface area (Å²) in [5.74, 6) is 0.0190. The van der Waals surface area contributed by atoms with Crippen LogP contribution in [0.15, 0.2) is 54.6 Å². The number of rotatable bonds is 9. The third-order valence-electron chi connectivity index (χ3n) is 5.75. The molecule has 0 aliphatic heterocycles. The number of hydrogen-bond acceptors (Lipinski definition) is 2. The number of hydrogen-bond donors (Lipinski definition) is 2. The molecule has 0 aliphatic rings. The summed E-state index contributed by atoms with van der Waals surface area (Å²) in [6.07, 6.45) is 0.341. The van der Waals surface area contributed by atoms with Crippen LogP contribution in [0.4, 0.5) is 0 Å². The second kappa shape index (κ2) is 10.2. The largest absolute Gasteiger partial charge is 0.352 e. The van der Waals surface area contributed by atoms with Crippen LogP contribution in [0.25, 0.3) is 5.69 Å². The molecule has 5 heteroatoms. The number of carbonyl (C=O) groups is 1. The zero-order chi connectivity index (χ0) is 21.5. The van der Waals surface area contributed by atoms with E-state index in [-0.39, 0.29) is 5.91 Å². The van der Waals surface area contributed by atoms with E-state index in [0.29, 0.717) is 13.0 Å². The molecule has 0 saturated carbocycles. The van der Waals surface area contributed by atoms with Gasteiger partial charge in [-0.15, -0.1) is 0 Å². The zero-order valence-corrected chi connectivity index (χ0v) is 18.5. The van der Waals surface area contributed by atoms with Gasteiger partial charge in [0.2, 0.25) is 5.91 Å². The van der Waals surface area contributed by atoms with E-state index in [9.17, 15) is 4.79 Å². The van der Waals surface area contributed by atoms with Crippen molar-refractivity contribution >= 4 is 5.91 Å². The monoisotopic (exact) mass is 405 g/mol. The topological polar surface area (TPSA) is 51.4 Å². The molecule has 5 nitrogen and oxygen atoms in total. The summed E-state index contributed by atoms with van der Waals surface area (Å²) >= 11 is 0. The maximum absolute atomic E-state index is 12.6. The van der Waals surface area contributed by atoms with Gasteiger partial charge in [-0.05, 0) is 45.4 Å². The van der Waals surface area contributed by atoms with Gasteiger partial charge in [0.1, 0.15) is 6.54 Å². The summed E-state index contributed by atoms with van der Waals surface area (Å²) in [4.78, 5) is 14.1. The van der Waals surface area contributed by atoms with Gasteiger partial charge in [0.05, 0.1) is 30.9 Å². The fourth-order valence-electron chi connectivity index (χ4n) is 3.74. The van der Waals surface area contributed by atoms with Gasteiger partial charge in [0, 0.05) is 23.4 Å². The Hall–Kier alpha value is -2.92. The maximum Gasteiger partial charge on any atom is 0.224 e. The predicted molar refractivity (Wildman–Crippen MR) is 121 cm³/mol. The van der Waals surface area contributed by atoms with Crippen LogP contribution < -0.4 is 10.2 Å². The molecule has 1 amide bonds. The Morgan fingerprint density at radius 3 is 2.23 bits per heavy atom. The fraction of sp³-hybridized carbons (Fsp3) is 0.360. The molecular weight excluding hydrogens is 372 g/mol. The smallest absolute Gasteiger partial charge is 0.224 e. The molecule has 0 fully saturated rings. The molecule has 0 bridgehead atoms. The molecule has 1 aromatic heterocycles. The van der Waals surface area contributed by atoms with Gasteiger partial charge in [0.25, 0.3) is 0 Å². The molecule has 158 valence electrons. The third-order valence-corrected chi connectivity index (χ3v) is 5.75. The highest BCUT2D eigenvalue weighted by molar-refractivity contribution is 5.79. The molecule has 0 aliphatic carbocycles. The lowest BCUT2D eigenvalue weighted by atomic mass is 10.1. The number of aryl methyl sites for hydroxylation is 1. The van der Waals surface area contributed by atoms with E-state index in [4.69, 9.17) is 0 Å². The van der Waals surface area contributed by atoms with Crippen LogP contribution in [0, 0.1) is 13.8 Å². The minimum absolute atomic E-state index is 0.0190. The Morgan fingerprint density at radius 2 is 1.60 bits per heavy atom. The molecular formula is C25H33N4O+. The van der Waals surface area contributed by atoms with Crippen molar-refractivity contribution in [3.05, 3.63) is 82.7 Å². The van der Waals surface area contributed by atoms with E-state index in [1.165, 1.54) is 5.56 Å². The minimum Gasteiger partial charge on any atom is -0.352 e. The normalized spacial score (nSPS) is 11.1. The van der Waals surface area contributed by atoms with Crippen LogP contribution in [0.2, 0.25) is 0 Å². The third kappa shape index (κ3) is 5.36. The van der Waals surface area contributed by atoms with Crippen LogP contribution in [0.5, 0.6) is 0 Å². The van der Waals surface area contributed by atoms with Crippen LogP contribution in [-0.2, 0) is 24.3 Å². The number of amides is 1. The molecule has 2 N–H and O–H groups in total. The average Bonchev–Trinajstić information content (AvgIpc) is 3.05. The summed E-state index contributed by atoms with van der Waals surface area (Å²) in [7, 11) is 0. The Morgan fingerprint density at radius 1 is 0.967 bits per heavy atom. The molecule has 0 spiro atoms. The average molecular weight is 406 g/mol. The van der Waals surface area contributed by atoms with Crippen molar-refractivity contribution in [3.63, 3.8) is 0 Å². The van der Waals surface area contributed by atoms with E-state index in [1.807, 2.05) is 48.9 Å². The van der Waals surface area contributed by atoms with Gasteiger partial charge < -0.3 is 10.2 Å². The zero-order valence-electron chi connectivity index (χ0n) is 18.5. The van der Waals surface area contributed by atoms with Crippen molar-refractivity contribution in [3.8, 4) is 5.69 Å². The summed E-state index contributed by atoms with van der Waals surface area (Å²) in [6, 6.07) is 18.6. The number of benzene rings is 2. The fourth-order valence-corrected chi connectivity index (χ4v) is 3.74. The number of carbonyl (C=O) groups excluding carboxylic acids is 1. The lowest BCUT2D eigenvalue weighted by Gasteiger charge is -2.15. The van der Waals surface area contributed by atoms with Crippen molar-refractivity contribution < 1.29 is 9.69 Å². The first-order valence-corrected chi connectivity index (χ1v) is 10.8. The van der Waals surface area contributed by atoms with Crippen molar-refractivity contribution in [2.24, 2.45) is 0 Å². The highest BCUT2D eigenvalue weighted by Gasteiger charge is 2.16. The SMILES string of the molecule is CC[NH+](CC)Cc1ccc(CNC(=O)Cc2c(C)nn(-c3ccccc3)c2C)cc1. The maximum atomic E-state index is 12.6. The Bertz CT molecular complexity index is 957. The predicted octanol–water partition coefficient (Wildman–Crippen LogP) is 2.77. The minimum atomic E-state index is 0.0190. The highest BCUT2D eigenvalue weighted by atomic mass is 16.1. The molecule has 0 unspecified atom stereocenters. The molecule has 3 aromatic rings. The highest BCUT2D eigenvalue weighted by Crippen LogP contribution is 2.18. The molecule has 0 saturated heterocycles. The lowest BCUT2D eigenvalue weighted by molar-refractivity contribution is -0.910. The summed E-state index contributed by atoms with van der Waals surface area (Å²) in [5, 5.41) is 7.69. The number of para-hydroxylation sites is 1. The Labute approximate surface area is 179 Å². The number of aromatic nitrogens is 2. The lowest BCUT2D eigenvalue weighted by Crippen LogP contribution is -3.10. The second-order valence-corrected chi connectivity index (χ2v) is 7.80. The summed E-state index contributed by atoms with van der Waals surface area (Å²) < 4.78 is 1.91. The summed E-state index contributed by atoms with van der Waals surface area (Å²) in [5.41, 5.74) is 6.37. The quantitative estimate of drug-likeness (QED) is 0.575.